The summed E-state index contributed by atoms with van der Waals surface area (Å²) in [5.74, 6) is 2.15. The third kappa shape index (κ3) is 1.55. The van der Waals surface area contributed by atoms with Crippen LogP contribution >= 0.6 is 0 Å². The maximum atomic E-state index is 5.35. The van der Waals surface area contributed by atoms with E-state index in [1.54, 1.807) is 0 Å². The number of aromatic nitrogens is 2. The van der Waals surface area contributed by atoms with Crippen molar-refractivity contribution in [3.63, 3.8) is 0 Å². The Hall–Kier alpha value is -0.940. The second-order valence-corrected chi connectivity index (χ2v) is 4.48. The molecule has 15 heavy (non-hydrogen) atoms. The van der Waals surface area contributed by atoms with Crippen LogP contribution in [0, 0.1) is 0 Å². The molecule has 2 fully saturated rings. The zero-order valence-corrected chi connectivity index (χ0v) is 8.94. The third-order valence-electron chi connectivity index (χ3n) is 3.41. The molecule has 0 amide bonds. The molecule has 1 atom stereocenters. The lowest BCUT2D eigenvalue weighted by Gasteiger charge is -2.23. The highest BCUT2D eigenvalue weighted by atomic mass is 16.5. The van der Waals surface area contributed by atoms with Crippen molar-refractivity contribution in [2.24, 2.45) is 0 Å². The SMILES string of the molecule is CN1CCC[C@H]1c1nc(C2CNC2)no1. The van der Waals surface area contributed by atoms with Crippen molar-refractivity contribution in [2.75, 3.05) is 26.7 Å². The Morgan fingerprint density at radius 1 is 1.47 bits per heavy atom. The topological polar surface area (TPSA) is 54.2 Å². The smallest absolute Gasteiger partial charge is 0.243 e. The lowest BCUT2D eigenvalue weighted by Crippen LogP contribution is -2.40. The highest BCUT2D eigenvalue weighted by Gasteiger charge is 2.30. The van der Waals surface area contributed by atoms with Gasteiger partial charge in [-0.2, -0.15) is 4.98 Å². The van der Waals surface area contributed by atoms with E-state index in [4.69, 9.17) is 4.52 Å². The summed E-state index contributed by atoms with van der Waals surface area (Å²) in [4.78, 5) is 6.79. The van der Waals surface area contributed by atoms with Gasteiger partial charge in [0, 0.05) is 19.0 Å². The van der Waals surface area contributed by atoms with Crippen LogP contribution in [0.5, 0.6) is 0 Å². The van der Waals surface area contributed by atoms with E-state index >= 15 is 0 Å². The summed E-state index contributed by atoms with van der Waals surface area (Å²) in [6, 6.07) is 0.347. The molecule has 1 aromatic rings. The summed E-state index contributed by atoms with van der Waals surface area (Å²) in [6.07, 6.45) is 2.37. The predicted molar refractivity (Wildman–Crippen MR) is 54.5 cm³/mol. The van der Waals surface area contributed by atoms with Crippen molar-refractivity contribution in [1.29, 1.82) is 0 Å². The van der Waals surface area contributed by atoms with E-state index in [9.17, 15) is 0 Å². The molecule has 2 saturated heterocycles. The van der Waals surface area contributed by atoms with Gasteiger partial charge in [-0.25, -0.2) is 0 Å². The van der Waals surface area contributed by atoms with E-state index in [-0.39, 0.29) is 0 Å². The second kappa shape index (κ2) is 3.57. The summed E-state index contributed by atoms with van der Waals surface area (Å²) in [5.41, 5.74) is 0. The Morgan fingerprint density at radius 2 is 2.33 bits per heavy atom. The fourth-order valence-electron chi connectivity index (χ4n) is 2.24. The number of nitrogens with one attached hydrogen (secondary N) is 1. The first-order valence-electron chi connectivity index (χ1n) is 5.59. The normalized spacial score (nSPS) is 28.2. The summed E-state index contributed by atoms with van der Waals surface area (Å²) >= 11 is 0. The van der Waals surface area contributed by atoms with Crippen LogP contribution in [0.25, 0.3) is 0 Å². The zero-order valence-electron chi connectivity index (χ0n) is 8.94. The molecular formula is C10H16N4O. The highest BCUT2D eigenvalue weighted by molar-refractivity contribution is 5.04. The van der Waals surface area contributed by atoms with Crippen LogP contribution in [0.15, 0.2) is 4.52 Å². The minimum atomic E-state index is 0.347. The molecule has 0 aromatic carbocycles. The molecule has 2 aliphatic heterocycles. The van der Waals surface area contributed by atoms with Gasteiger partial charge in [-0.05, 0) is 26.4 Å². The van der Waals surface area contributed by atoms with Crippen molar-refractivity contribution in [3.05, 3.63) is 11.7 Å². The number of hydrogen-bond donors (Lipinski definition) is 1. The molecule has 0 unspecified atom stereocenters. The fourth-order valence-corrected chi connectivity index (χ4v) is 2.24. The summed E-state index contributed by atoms with van der Waals surface area (Å²) < 4.78 is 5.35. The Kier molecular flexibility index (Phi) is 2.21. The molecule has 3 heterocycles. The highest BCUT2D eigenvalue weighted by Crippen LogP contribution is 2.30. The molecule has 82 valence electrons. The van der Waals surface area contributed by atoms with Crippen LogP contribution in [0.3, 0.4) is 0 Å². The fraction of sp³-hybridized carbons (Fsp3) is 0.800. The van der Waals surface area contributed by atoms with Gasteiger partial charge in [-0.15, -0.1) is 0 Å². The van der Waals surface area contributed by atoms with Crippen molar-refractivity contribution < 1.29 is 4.52 Å². The zero-order chi connectivity index (χ0) is 10.3. The van der Waals surface area contributed by atoms with Crippen LogP contribution in [-0.2, 0) is 0 Å². The molecule has 1 aromatic heterocycles. The molecule has 1 N–H and O–H groups in total. The third-order valence-corrected chi connectivity index (χ3v) is 3.41. The molecular weight excluding hydrogens is 192 g/mol. The van der Waals surface area contributed by atoms with Crippen LogP contribution in [0.1, 0.15) is 36.5 Å². The predicted octanol–water partition coefficient (Wildman–Crippen LogP) is 0.523. The number of hydrogen-bond acceptors (Lipinski definition) is 5. The molecule has 0 bridgehead atoms. The van der Waals surface area contributed by atoms with Crippen molar-refractivity contribution in [2.45, 2.75) is 24.8 Å². The maximum absolute atomic E-state index is 5.35. The molecule has 0 saturated carbocycles. The lowest BCUT2D eigenvalue weighted by atomic mass is 10.0. The quantitative estimate of drug-likeness (QED) is 0.768. The standard InChI is InChI=1S/C10H16N4O/c1-14-4-2-3-8(14)10-12-9(13-15-10)7-5-11-6-7/h7-8,11H,2-6H2,1H3/t8-/m0/s1. The van der Waals surface area contributed by atoms with Gasteiger partial charge in [0.2, 0.25) is 5.89 Å². The van der Waals surface area contributed by atoms with Crippen molar-refractivity contribution in [1.82, 2.24) is 20.4 Å². The molecule has 0 aliphatic carbocycles. The van der Waals surface area contributed by atoms with Gasteiger partial charge in [0.05, 0.1) is 6.04 Å². The molecule has 0 spiro atoms. The van der Waals surface area contributed by atoms with Gasteiger partial charge in [-0.3, -0.25) is 4.90 Å². The summed E-state index contributed by atoms with van der Waals surface area (Å²) in [7, 11) is 2.12. The van der Waals surface area contributed by atoms with Gasteiger partial charge in [0.15, 0.2) is 5.82 Å². The van der Waals surface area contributed by atoms with Crippen molar-refractivity contribution >= 4 is 0 Å². The van der Waals surface area contributed by atoms with Crippen LogP contribution in [-0.4, -0.2) is 41.7 Å². The van der Waals surface area contributed by atoms with E-state index in [0.717, 1.165) is 37.8 Å². The first kappa shape index (κ1) is 9.30. The molecule has 2 aliphatic rings. The van der Waals surface area contributed by atoms with Crippen LogP contribution < -0.4 is 5.32 Å². The summed E-state index contributed by atoms with van der Waals surface area (Å²) in [5, 5.41) is 7.28. The van der Waals surface area contributed by atoms with Gasteiger partial charge < -0.3 is 9.84 Å². The Labute approximate surface area is 88.8 Å². The molecule has 0 radical (unpaired) electrons. The minimum absolute atomic E-state index is 0.347. The largest absolute Gasteiger partial charge is 0.338 e. The lowest BCUT2D eigenvalue weighted by molar-refractivity contribution is 0.243. The van der Waals surface area contributed by atoms with E-state index in [1.807, 2.05) is 0 Å². The molecule has 5 heteroatoms. The van der Waals surface area contributed by atoms with Gasteiger partial charge in [-0.1, -0.05) is 5.16 Å². The van der Waals surface area contributed by atoms with E-state index in [1.165, 1.54) is 6.42 Å². The number of rotatable bonds is 2. The van der Waals surface area contributed by atoms with Crippen LogP contribution in [0.4, 0.5) is 0 Å². The van der Waals surface area contributed by atoms with Gasteiger partial charge in [0.1, 0.15) is 0 Å². The first-order chi connectivity index (χ1) is 7.34. The number of nitrogens with zero attached hydrogens (tertiary/aromatic N) is 3. The van der Waals surface area contributed by atoms with Gasteiger partial charge >= 0.3 is 0 Å². The minimum Gasteiger partial charge on any atom is -0.338 e. The van der Waals surface area contributed by atoms with Gasteiger partial charge in [0.25, 0.3) is 0 Å². The first-order valence-corrected chi connectivity index (χ1v) is 5.59. The molecule has 5 nitrogen and oxygen atoms in total. The average molecular weight is 208 g/mol. The Bertz CT molecular complexity index is 347. The summed E-state index contributed by atoms with van der Waals surface area (Å²) in [6.45, 7) is 3.10. The van der Waals surface area contributed by atoms with E-state index < -0.39 is 0 Å². The maximum Gasteiger partial charge on any atom is 0.243 e. The van der Waals surface area contributed by atoms with Crippen molar-refractivity contribution in [3.8, 4) is 0 Å². The Balaban J connectivity index is 1.77. The van der Waals surface area contributed by atoms with E-state index in [2.05, 4.69) is 27.4 Å². The van der Waals surface area contributed by atoms with Crippen LogP contribution in [0.2, 0.25) is 0 Å². The molecule has 3 rings (SSSR count). The Morgan fingerprint density at radius 3 is 2.93 bits per heavy atom. The second-order valence-electron chi connectivity index (χ2n) is 4.48. The average Bonchev–Trinajstić information content (AvgIpc) is 2.70. The number of likely N-dealkylation sites (tertiary alicyclic amines) is 1. The van der Waals surface area contributed by atoms with E-state index in [0.29, 0.717) is 12.0 Å². The monoisotopic (exact) mass is 208 g/mol.